The van der Waals surface area contributed by atoms with Gasteiger partial charge >= 0.3 is 6.18 Å². The van der Waals surface area contributed by atoms with Gasteiger partial charge in [-0.25, -0.2) is 0 Å². The minimum absolute atomic E-state index is 0.0138. The summed E-state index contributed by atoms with van der Waals surface area (Å²) in [5, 5.41) is 15.7. The van der Waals surface area contributed by atoms with E-state index in [0.29, 0.717) is 11.3 Å². The van der Waals surface area contributed by atoms with E-state index in [2.05, 4.69) is 15.2 Å². The third kappa shape index (κ3) is 2.04. The number of rotatable bonds is 1. The fourth-order valence-electron chi connectivity index (χ4n) is 1.78. The summed E-state index contributed by atoms with van der Waals surface area (Å²) >= 11 is 0. The molecule has 8 heteroatoms. The standard InChI is InChI=1S/C12H7F3N4O/c13-12(14,15)11-18-17-10-5-16-9(6-19(10)11)7-1-3-8(20)4-2-7/h1-6,20H. The third-order valence-electron chi connectivity index (χ3n) is 2.71. The Bertz CT molecular complexity index is 764. The number of phenolic OH excluding ortho intramolecular Hbond substituents is 1. The molecule has 3 aromatic rings. The van der Waals surface area contributed by atoms with Gasteiger partial charge in [-0.3, -0.25) is 9.38 Å². The van der Waals surface area contributed by atoms with Crippen LogP contribution in [0.25, 0.3) is 16.9 Å². The van der Waals surface area contributed by atoms with E-state index in [1.54, 1.807) is 12.1 Å². The largest absolute Gasteiger partial charge is 0.508 e. The van der Waals surface area contributed by atoms with Gasteiger partial charge in [0.25, 0.3) is 0 Å². The Kier molecular flexibility index (Phi) is 2.60. The zero-order chi connectivity index (χ0) is 14.3. The number of nitrogens with zero attached hydrogens (tertiary/aromatic N) is 4. The molecule has 0 bridgehead atoms. The molecule has 0 atom stereocenters. The van der Waals surface area contributed by atoms with E-state index >= 15 is 0 Å². The summed E-state index contributed by atoms with van der Waals surface area (Å²) in [6.07, 6.45) is -2.16. The van der Waals surface area contributed by atoms with E-state index in [1.807, 2.05) is 0 Å². The highest BCUT2D eigenvalue weighted by Crippen LogP contribution is 2.28. The van der Waals surface area contributed by atoms with Crippen LogP contribution in [0.1, 0.15) is 5.82 Å². The van der Waals surface area contributed by atoms with Crippen LogP contribution in [0, 0.1) is 0 Å². The van der Waals surface area contributed by atoms with Gasteiger partial charge in [-0.05, 0) is 24.3 Å². The number of fused-ring (bicyclic) bond motifs is 1. The molecule has 0 aliphatic carbocycles. The zero-order valence-electron chi connectivity index (χ0n) is 9.83. The number of hydrogen-bond acceptors (Lipinski definition) is 4. The molecule has 1 N–H and O–H groups in total. The second kappa shape index (κ2) is 4.19. The molecule has 5 nitrogen and oxygen atoms in total. The Morgan fingerprint density at radius 1 is 1.05 bits per heavy atom. The van der Waals surface area contributed by atoms with E-state index in [9.17, 15) is 18.3 Å². The van der Waals surface area contributed by atoms with Crippen LogP contribution >= 0.6 is 0 Å². The summed E-state index contributed by atoms with van der Waals surface area (Å²) < 4.78 is 39.1. The van der Waals surface area contributed by atoms with Gasteiger partial charge in [0.1, 0.15) is 5.75 Å². The lowest BCUT2D eigenvalue weighted by Crippen LogP contribution is -2.11. The Balaban J connectivity index is 2.16. The number of aromatic hydroxyl groups is 1. The Morgan fingerprint density at radius 2 is 1.75 bits per heavy atom. The minimum Gasteiger partial charge on any atom is -0.508 e. The van der Waals surface area contributed by atoms with Gasteiger partial charge in [0.05, 0.1) is 11.9 Å². The second-order valence-electron chi connectivity index (χ2n) is 4.07. The number of benzene rings is 1. The fourth-order valence-corrected chi connectivity index (χ4v) is 1.78. The number of phenols is 1. The van der Waals surface area contributed by atoms with Gasteiger partial charge < -0.3 is 5.11 Å². The lowest BCUT2D eigenvalue weighted by molar-refractivity contribution is -0.145. The molecule has 20 heavy (non-hydrogen) atoms. The van der Waals surface area contributed by atoms with Gasteiger partial charge in [0, 0.05) is 11.8 Å². The predicted molar refractivity (Wildman–Crippen MR) is 62.9 cm³/mol. The molecular weight excluding hydrogens is 273 g/mol. The first-order chi connectivity index (χ1) is 9.45. The lowest BCUT2D eigenvalue weighted by Gasteiger charge is -2.05. The summed E-state index contributed by atoms with van der Waals surface area (Å²) in [5.74, 6) is -1.04. The molecule has 0 fully saturated rings. The highest BCUT2D eigenvalue weighted by atomic mass is 19.4. The monoisotopic (exact) mass is 280 g/mol. The minimum atomic E-state index is -4.59. The number of alkyl halides is 3. The van der Waals surface area contributed by atoms with Crippen LogP contribution in [0.4, 0.5) is 13.2 Å². The van der Waals surface area contributed by atoms with Crippen molar-refractivity contribution < 1.29 is 18.3 Å². The van der Waals surface area contributed by atoms with Crippen molar-refractivity contribution in [3.63, 3.8) is 0 Å². The number of hydrogen-bond donors (Lipinski definition) is 1. The fraction of sp³-hybridized carbons (Fsp3) is 0.0833. The third-order valence-corrected chi connectivity index (χ3v) is 2.71. The molecule has 0 spiro atoms. The van der Waals surface area contributed by atoms with Crippen molar-refractivity contribution in [2.24, 2.45) is 0 Å². The molecule has 0 unspecified atom stereocenters. The lowest BCUT2D eigenvalue weighted by atomic mass is 10.1. The molecule has 0 aliphatic rings. The first-order valence-corrected chi connectivity index (χ1v) is 5.52. The first-order valence-electron chi connectivity index (χ1n) is 5.52. The molecule has 0 saturated carbocycles. The molecule has 0 aliphatic heterocycles. The van der Waals surface area contributed by atoms with Crippen molar-refractivity contribution in [3.05, 3.63) is 42.5 Å². The van der Waals surface area contributed by atoms with Crippen molar-refractivity contribution in [3.8, 4) is 17.0 Å². The quantitative estimate of drug-likeness (QED) is 0.744. The van der Waals surface area contributed by atoms with Crippen LogP contribution in [-0.4, -0.2) is 24.7 Å². The molecule has 1 aromatic carbocycles. The molecule has 0 amide bonds. The summed E-state index contributed by atoms with van der Waals surface area (Å²) in [6, 6.07) is 5.97. The van der Waals surface area contributed by atoms with Gasteiger partial charge in [-0.1, -0.05) is 0 Å². The van der Waals surface area contributed by atoms with E-state index in [4.69, 9.17) is 0 Å². The number of aromatic nitrogens is 4. The van der Waals surface area contributed by atoms with Crippen LogP contribution in [-0.2, 0) is 6.18 Å². The first kappa shape index (κ1) is 12.4. The Hall–Kier alpha value is -2.64. The summed E-state index contributed by atoms with van der Waals surface area (Å²) in [7, 11) is 0. The molecule has 2 heterocycles. The average molecular weight is 280 g/mol. The summed E-state index contributed by atoms with van der Waals surface area (Å²) in [6.45, 7) is 0. The molecule has 3 rings (SSSR count). The van der Waals surface area contributed by atoms with E-state index in [0.717, 1.165) is 4.40 Å². The molecule has 2 aromatic heterocycles. The topological polar surface area (TPSA) is 63.3 Å². The highest BCUT2D eigenvalue weighted by Gasteiger charge is 2.37. The van der Waals surface area contributed by atoms with Crippen LogP contribution < -0.4 is 0 Å². The Morgan fingerprint density at radius 3 is 2.40 bits per heavy atom. The van der Waals surface area contributed by atoms with Crippen LogP contribution in [0.15, 0.2) is 36.7 Å². The van der Waals surface area contributed by atoms with Crippen molar-refractivity contribution in [1.29, 1.82) is 0 Å². The van der Waals surface area contributed by atoms with E-state index in [1.165, 1.54) is 24.5 Å². The van der Waals surface area contributed by atoms with Crippen molar-refractivity contribution in [2.75, 3.05) is 0 Å². The van der Waals surface area contributed by atoms with Gasteiger partial charge in [0.2, 0.25) is 5.82 Å². The number of halogens is 3. The van der Waals surface area contributed by atoms with Gasteiger partial charge in [-0.15, -0.1) is 10.2 Å². The maximum atomic E-state index is 12.8. The molecule has 0 saturated heterocycles. The van der Waals surface area contributed by atoms with Gasteiger partial charge in [-0.2, -0.15) is 13.2 Å². The van der Waals surface area contributed by atoms with E-state index < -0.39 is 12.0 Å². The highest BCUT2D eigenvalue weighted by molar-refractivity contribution is 5.60. The van der Waals surface area contributed by atoms with Gasteiger partial charge in [0.15, 0.2) is 5.65 Å². The molecular formula is C12H7F3N4O. The normalized spacial score (nSPS) is 11.9. The van der Waals surface area contributed by atoms with Crippen LogP contribution in [0.3, 0.4) is 0 Å². The zero-order valence-corrected chi connectivity index (χ0v) is 9.83. The summed E-state index contributed by atoms with van der Waals surface area (Å²) in [5.41, 5.74) is 0.911. The Labute approximate surface area is 110 Å². The maximum absolute atomic E-state index is 12.8. The summed E-state index contributed by atoms with van der Waals surface area (Å²) in [4.78, 5) is 4.03. The van der Waals surface area contributed by atoms with Crippen molar-refractivity contribution in [2.45, 2.75) is 6.18 Å². The molecule has 0 radical (unpaired) electrons. The maximum Gasteiger partial charge on any atom is 0.452 e. The van der Waals surface area contributed by atoms with Crippen LogP contribution in [0.2, 0.25) is 0 Å². The second-order valence-corrected chi connectivity index (χ2v) is 4.07. The van der Waals surface area contributed by atoms with E-state index in [-0.39, 0.29) is 11.4 Å². The smallest absolute Gasteiger partial charge is 0.452 e. The molecule has 102 valence electrons. The average Bonchev–Trinajstić information content (AvgIpc) is 2.82. The SMILES string of the molecule is Oc1ccc(-c2cn3c(C(F)(F)F)nnc3cn2)cc1. The van der Waals surface area contributed by atoms with Crippen molar-refractivity contribution >= 4 is 5.65 Å². The van der Waals surface area contributed by atoms with Crippen molar-refractivity contribution in [1.82, 2.24) is 19.6 Å². The van der Waals surface area contributed by atoms with Crippen LogP contribution in [0.5, 0.6) is 5.75 Å². The predicted octanol–water partition coefficient (Wildman–Crippen LogP) is 2.52.